The molecular formula is C14H24N2O. The number of aliphatic hydroxyl groups is 1. The Morgan fingerprint density at radius 3 is 2.35 bits per heavy atom. The van der Waals surface area contributed by atoms with Crippen LogP contribution in [0.1, 0.15) is 26.3 Å². The maximum absolute atomic E-state index is 9.95. The molecule has 0 unspecified atom stereocenters. The van der Waals surface area contributed by atoms with E-state index >= 15 is 0 Å². The van der Waals surface area contributed by atoms with Crippen molar-refractivity contribution in [3.8, 4) is 0 Å². The highest BCUT2D eigenvalue weighted by Gasteiger charge is 2.18. The molecule has 1 aromatic carbocycles. The van der Waals surface area contributed by atoms with E-state index < -0.39 is 6.10 Å². The largest absolute Gasteiger partial charge is 0.390 e. The van der Waals surface area contributed by atoms with Crippen molar-refractivity contribution in [3.05, 3.63) is 35.9 Å². The Balaban J connectivity index is 2.40. The van der Waals surface area contributed by atoms with Gasteiger partial charge in [-0.05, 0) is 32.8 Å². The number of aliphatic hydroxyl groups excluding tert-OH is 1. The molecule has 3 nitrogen and oxygen atoms in total. The Morgan fingerprint density at radius 2 is 1.82 bits per heavy atom. The number of hydrogen-bond donors (Lipinski definition) is 3. The maximum Gasteiger partial charge on any atom is 0.0818 e. The van der Waals surface area contributed by atoms with Crippen LogP contribution in [0.5, 0.6) is 0 Å². The first-order valence-corrected chi connectivity index (χ1v) is 6.11. The van der Waals surface area contributed by atoms with Gasteiger partial charge in [-0.15, -0.1) is 0 Å². The van der Waals surface area contributed by atoms with Gasteiger partial charge in [0.1, 0.15) is 0 Å². The summed E-state index contributed by atoms with van der Waals surface area (Å²) in [5.74, 6) is 0. The molecule has 0 radical (unpaired) electrons. The highest BCUT2D eigenvalue weighted by molar-refractivity contribution is 5.16. The molecule has 1 rings (SSSR count). The first kappa shape index (κ1) is 14.2. The van der Waals surface area contributed by atoms with Crippen LogP contribution in [0.4, 0.5) is 0 Å². The Bertz CT molecular complexity index is 319. The lowest BCUT2D eigenvalue weighted by Crippen LogP contribution is -2.48. The lowest BCUT2D eigenvalue weighted by Gasteiger charge is -2.25. The molecule has 17 heavy (non-hydrogen) atoms. The van der Waals surface area contributed by atoms with Gasteiger partial charge in [-0.1, -0.05) is 30.3 Å². The van der Waals surface area contributed by atoms with Crippen molar-refractivity contribution in [2.24, 2.45) is 5.73 Å². The molecule has 0 aliphatic carbocycles. The molecule has 0 aromatic heterocycles. The number of β-amino-alcohol motifs (C(OH)–C–C–N with tert-alkyl or cyclic N) is 1. The summed E-state index contributed by atoms with van der Waals surface area (Å²) in [6, 6.07) is 9.79. The molecule has 96 valence electrons. The van der Waals surface area contributed by atoms with Crippen LogP contribution < -0.4 is 11.1 Å². The molecule has 0 bridgehead atoms. The molecule has 0 saturated heterocycles. The lowest BCUT2D eigenvalue weighted by molar-refractivity contribution is 0.133. The topological polar surface area (TPSA) is 58.3 Å². The van der Waals surface area contributed by atoms with Gasteiger partial charge in [0.25, 0.3) is 0 Å². The zero-order valence-corrected chi connectivity index (χ0v) is 11.0. The molecule has 0 aliphatic rings. The summed E-state index contributed by atoms with van der Waals surface area (Å²) in [6.45, 7) is 6.74. The van der Waals surface area contributed by atoms with Crippen LogP contribution in [0.25, 0.3) is 0 Å². The maximum atomic E-state index is 9.95. The molecule has 3 heteroatoms. The molecule has 2 atom stereocenters. The van der Waals surface area contributed by atoms with Crippen LogP contribution in [0.15, 0.2) is 30.3 Å². The van der Waals surface area contributed by atoms with Crippen LogP contribution in [0.3, 0.4) is 0 Å². The van der Waals surface area contributed by atoms with Gasteiger partial charge in [0.2, 0.25) is 0 Å². The fourth-order valence-corrected chi connectivity index (χ4v) is 1.58. The second-order valence-corrected chi connectivity index (χ2v) is 5.55. The SMILES string of the molecule is CC(C)(C)NC[C@H](O)[C@@H](N)Cc1ccccc1. The van der Waals surface area contributed by atoms with E-state index in [1.807, 2.05) is 30.3 Å². The molecular weight excluding hydrogens is 212 g/mol. The molecule has 0 amide bonds. The monoisotopic (exact) mass is 236 g/mol. The molecule has 0 spiro atoms. The van der Waals surface area contributed by atoms with E-state index in [0.717, 1.165) is 5.56 Å². The third-order valence-corrected chi connectivity index (χ3v) is 2.65. The zero-order valence-electron chi connectivity index (χ0n) is 11.0. The van der Waals surface area contributed by atoms with Gasteiger partial charge in [0.15, 0.2) is 0 Å². The fraction of sp³-hybridized carbons (Fsp3) is 0.571. The average Bonchev–Trinajstić information content (AvgIpc) is 2.26. The number of benzene rings is 1. The van der Waals surface area contributed by atoms with Crippen LogP contribution in [0.2, 0.25) is 0 Å². The van der Waals surface area contributed by atoms with Gasteiger partial charge in [0, 0.05) is 18.1 Å². The van der Waals surface area contributed by atoms with E-state index in [1.54, 1.807) is 0 Å². The van der Waals surface area contributed by atoms with Crippen LogP contribution in [-0.4, -0.2) is 29.3 Å². The van der Waals surface area contributed by atoms with E-state index in [9.17, 15) is 5.11 Å². The van der Waals surface area contributed by atoms with E-state index in [-0.39, 0.29) is 11.6 Å². The van der Waals surface area contributed by atoms with Gasteiger partial charge in [0.05, 0.1) is 6.10 Å². The predicted octanol–water partition coefficient (Wildman–Crippen LogP) is 1.31. The van der Waals surface area contributed by atoms with E-state index in [1.165, 1.54) is 0 Å². The van der Waals surface area contributed by atoms with Crippen LogP contribution in [-0.2, 0) is 6.42 Å². The summed E-state index contributed by atoms with van der Waals surface area (Å²) in [4.78, 5) is 0. The predicted molar refractivity (Wildman–Crippen MR) is 71.9 cm³/mol. The smallest absolute Gasteiger partial charge is 0.0818 e. The number of nitrogens with one attached hydrogen (secondary N) is 1. The van der Waals surface area contributed by atoms with Gasteiger partial charge in [-0.2, -0.15) is 0 Å². The third-order valence-electron chi connectivity index (χ3n) is 2.65. The van der Waals surface area contributed by atoms with Gasteiger partial charge in [-0.25, -0.2) is 0 Å². The number of hydrogen-bond acceptors (Lipinski definition) is 3. The first-order chi connectivity index (χ1) is 7.88. The van der Waals surface area contributed by atoms with Crippen molar-refractivity contribution in [2.75, 3.05) is 6.54 Å². The Hall–Kier alpha value is -0.900. The van der Waals surface area contributed by atoms with Crippen molar-refractivity contribution in [1.82, 2.24) is 5.32 Å². The lowest BCUT2D eigenvalue weighted by atomic mass is 10.0. The van der Waals surface area contributed by atoms with E-state index in [0.29, 0.717) is 13.0 Å². The summed E-state index contributed by atoms with van der Waals surface area (Å²) < 4.78 is 0. The molecule has 0 aliphatic heterocycles. The molecule has 4 N–H and O–H groups in total. The second-order valence-electron chi connectivity index (χ2n) is 5.55. The normalized spacial score (nSPS) is 15.6. The summed E-state index contributed by atoms with van der Waals surface area (Å²) in [6.07, 6.45) is 0.183. The summed E-state index contributed by atoms with van der Waals surface area (Å²) in [5, 5.41) is 13.2. The summed E-state index contributed by atoms with van der Waals surface area (Å²) in [7, 11) is 0. The van der Waals surface area contributed by atoms with Crippen molar-refractivity contribution in [3.63, 3.8) is 0 Å². The van der Waals surface area contributed by atoms with Crippen molar-refractivity contribution >= 4 is 0 Å². The molecule has 0 saturated carbocycles. The quantitative estimate of drug-likeness (QED) is 0.722. The zero-order chi connectivity index (χ0) is 12.9. The summed E-state index contributed by atoms with van der Waals surface area (Å²) in [5.41, 5.74) is 7.16. The van der Waals surface area contributed by atoms with Gasteiger partial charge in [-0.3, -0.25) is 0 Å². The average molecular weight is 236 g/mol. The Kier molecular flexibility index (Phi) is 5.12. The van der Waals surface area contributed by atoms with Gasteiger partial charge < -0.3 is 16.2 Å². The second kappa shape index (κ2) is 6.15. The Morgan fingerprint density at radius 1 is 1.24 bits per heavy atom. The minimum Gasteiger partial charge on any atom is -0.390 e. The highest BCUT2D eigenvalue weighted by atomic mass is 16.3. The van der Waals surface area contributed by atoms with Crippen molar-refractivity contribution < 1.29 is 5.11 Å². The molecule has 1 aromatic rings. The standard InChI is InChI=1S/C14H24N2O/c1-14(2,3)16-10-13(17)12(15)9-11-7-5-4-6-8-11/h4-8,12-13,16-17H,9-10,15H2,1-3H3/t12-,13-/m0/s1. The summed E-state index contributed by atoms with van der Waals surface area (Å²) >= 11 is 0. The number of rotatable bonds is 5. The fourth-order valence-electron chi connectivity index (χ4n) is 1.58. The van der Waals surface area contributed by atoms with Gasteiger partial charge >= 0.3 is 0 Å². The highest BCUT2D eigenvalue weighted by Crippen LogP contribution is 2.05. The molecule has 0 heterocycles. The van der Waals surface area contributed by atoms with Crippen molar-refractivity contribution in [2.45, 2.75) is 44.9 Å². The van der Waals surface area contributed by atoms with E-state index in [2.05, 4.69) is 26.1 Å². The minimum absolute atomic E-state index is 0.00739. The van der Waals surface area contributed by atoms with Crippen molar-refractivity contribution in [1.29, 1.82) is 0 Å². The van der Waals surface area contributed by atoms with E-state index in [4.69, 9.17) is 5.73 Å². The minimum atomic E-state index is -0.519. The third kappa shape index (κ3) is 5.82. The first-order valence-electron chi connectivity index (χ1n) is 6.11. The van der Waals surface area contributed by atoms with Crippen LogP contribution in [0, 0.1) is 0 Å². The van der Waals surface area contributed by atoms with Crippen LogP contribution >= 0.6 is 0 Å². The Labute approximate surface area is 104 Å². The number of nitrogens with two attached hydrogens (primary N) is 1. The molecule has 0 fully saturated rings.